The van der Waals surface area contributed by atoms with E-state index in [2.05, 4.69) is 22.1 Å². The Morgan fingerprint density at radius 1 is 1.12 bits per heavy atom. The molecule has 0 spiro atoms. The Balaban J connectivity index is 1.83. The Morgan fingerprint density at radius 2 is 1.92 bits per heavy atom. The second-order valence-corrected chi connectivity index (χ2v) is 6.55. The monoisotopic (exact) mass is 366 g/mol. The maximum absolute atomic E-state index is 14.4. The zero-order valence-electron chi connectivity index (χ0n) is 14.3. The van der Waals surface area contributed by atoms with Gasteiger partial charge in [-0.3, -0.25) is 4.98 Å². The molecular formula is C20H19FN4S. The number of para-hydroxylation sites is 1. The Hall–Kier alpha value is -2.73. The van der Waals surface area contributed by atoms with Crippen molar-refractivity contribution in [3.05, 3.63) is 84.2 Å². The number of hydrogen-bond donors (Lipinski definition) is 1. The first kappa shape index (κ1) is 16.7. The van der Waals surface area contributed by atoms with Crippen LogP contribution in [0.4, 0.5) is 4.39 Å². The fraction of sp³-hybridized carbons (Fsp3) is 0.200. The van der Waals surface area contributed by atoms with Crippen LogP contribution in [0.15, 0.2) is 67.0 Å². The van der Waals surface area contributed by atoms with E-state index in [4.69, 9.17) is 12.2 Å². The van der Waals surface area contributed by atoms with Crippen molar-refractivity contribution in [3.63, 3.8) is 0 Å². The van der Waals surface area contributed by atoms with E-state index in [1.807, 2.05) is 47.2 Å². The predicted molar refractivity (Wildman–Crippen MR) is 104 cm³/mol. The van der Waals surface area contributed by atoms with E-state index in [-0.39, 0.29) is 17.9 Å². The number of nitrogens with one attached hydrogen (secondary N) is 1. The lowest BCUT2D eigenvalue weighted by Gasteiger charge is -2.28. The van der Waals surface area contributed by atoms with Crippen LogP contribution in [-0.2, 0) is 0 Å². The SMILES string of the molecule is CCN1C(=S)N[C@H](c2ccccn2)[C@@H]1c1cccn1-c1ccccc1F. The topological polar surface area (TPSA) is 33.1 Å². The Bertz CT molecular complexity index is 924. The number of pyridine rings is 1. The van der Waals surface area contributed by atoms with Crippen LogP contribution in [0.2, 0.25) is 0 Å². The van der Waals surface area contributed by atoms with Crippen LogP contribution in [0.1, 0.15) is 30.4 Å². The summed E-state index contributed by atoms with van der Waals surface area (Å²) < 4.78 is 16.3. The summed E-state index contributed by atoms with van der Waals surface area (Å²) in [5.41, 5.74) is 2.41. The molecule has 2 aromatic heterocycles. The molecule has 1 N–H and O–H groups in total. The van der Waals surface area contributed by atoms with Gasteiger partial charge >= 0.3 is 0 Å². The van der Waals surface area contributed by atoms with Crippen LogP contribution < -0.4 is 5.32 Å². The van der Waals surface area contributed by atoms with E-state index < -0.39 is 0 Å². The maximum atomic E-state index is 14.4. The highest BCUT2D eigenvalue weighted by Gasteiger charge is 2.40. The van der Waals surface area contributed by atoms with Crippen molar-refractivity contribution in [2.45, 2.75) is 19.0 Å². The molecule has 0 aliphatic carbocycles. The third-order valence-corrected chi connectivity index (χ3v) is 5.09. The van der Waals surface area contributed by atoms with Gasteiger partial charge in [-0.1, -0.05) is 18.2 Å². The second kappa shape index (κ2) is 6.88. The van der Waals surface area contributed by atoms with E-state index in [1.165, 1.54) is 6.07 Å². The molecule has 6 heteroatoms. The van der Waals surface area contributed by atoms with Crippen molar-refractivity contribution in [2.24, 2.45) is 0 Å². The summed E-state index contributed by atoms with van der Waals surface area (Å²) >= 11 is 5.56. The van der Waals surface area contributed by atoms with Gasteiger partial charge in [-0.2, -0.15) is 0 Å². The van der Waals surface area contributed by atoms with Gasteiger partial charge in [-0.25, -0.2) is 4.39 Å². The highest BCUT2D eigenvalue weighted by Crippen LogP contribution is 2.39. The minimum atomic E-state index is -0.254. The molecule has 3 aromatic rings. The highest BCUT2D eigenvalue weighted by atomic mass is 32.1. The highest BCUT2D eigenvalue weighted by molar-refractivity contribution is 7.80. The van der Waals surface area contributed by atoms with Gasteiger partial charge in [0, 0.05) is 24.6 Å². The van der Waals surface area contributed by atoms with E-state index in [1.54, 1.807) is 18.3 Å². The summed E-state index contributed by atoms with van der Waals surface area (Å²) in [7, 11) is 0. The van der Waals surface area contributed by atoms with E-state index in [0.717, 1.165) is 17.9 Å². The minimum absolute atomic E-state index is 0.0722. The van der Waals surface area contributed by atoms with Crippen LogP contribution >= 0.6 is 12.2 Å². The van der Waals surface area contributed by atoms with Crippen LogP contribution in [0.5, 0.6) is 0 Å². The first-order chi connectivity index (χ1) is 12.7. The van der Waals surface area contributed by atoms with Gasteiger partial charge in [-0.15, -0.1) is 0 Å². The first-order valence-electron chi connectivity index (χ1n) is 8.61. The number of hydrogen-bond acceptors (Lipinski definition) is 2. The van der Waals surface area contributed by atoms with E-state index in [0.29, 0.717) is 10.8 Å². The molecule has 0 radical (unpaired) electrons. The number of nitrogens with zero attached hydrogens (tertiary/aromatic N) is 3. The van der Waals surface area contributed by atoms with Crippen LogP contribution in [-0.4, -0.2) is 26.1 Å². The second-order valence-electron chi connectivity index (χ2n) is 6.17. The zero-order valence-corrected chi connectivity index (χ0v) is 15.2. The van der Waals surface area contributed by atoms with E-state index >= 15 is 0 Å². The molecule has 0 saturated carbocycles. The lowest BCUT2D eigenvalue weighted by molar-refractivity contribution is 0.320. The van der Waals surface area contributed by atoms with Gasteiger partial charge in [0.1, 0.15) is 5.82 Å². The number of thiocarbonyl (C=S) groups is 1. The quantitative estimate of drug-likeness (QED) is 0.708. The van der Waals surface area contributed by atoms with Crippen LogP contribution in [0, 0.1) is 5.82 Å². The fourth-order valence-corrected chi connectivity index (χ4v) is 3.94. The summed E-state index contributed by atoms with van der Waals surface area (Å²) in [6, 6.07) is 16.4. The average Bonchev–Trinajstić information content (AvgIpc) is 3.26. The Morgan fingerprint density at radius 3 is 2.65 bits per heavy atom. The van der Waals surface area contributed by atoms with E-state index in [9.17, 15) is 4.39 Å². The molecule has 3 heterocycles. The summed E-state index contributed by atoms with van der Waals surface area (Å²) in [4.78, 5) is 6.64. The van der Waals surface area contributed by atoms with Gasteiger partial charge in [0.25, 0.3) is 0 Å². The van der Waals surface area contributed by atoms with Crippen molar-refractivity contribution in [2.75, 3.05) is 6.54 Å². The van der Waals surface area contributed by atoms with Gasteiger partial charge in [0.15, 0.2) is 5.11 Å². The van der Waals surface area contributed by atoms with Crippen molar-refractivity contribution in [3.8, 4) is 5.69 Å². The third-order valence-electron chi connectivity index (χ3n) is 4.73. The van der Waals surface area contributed by atoms with Gasteiger partial charge in [0.2, 0.25) is 0 Å². The summed E-state index contributed by atoms with van der Waals surface area (Å²) in [5.74, 6) is -0.254. The average molecular weight is 366 g/mol. The van der Waals surface area contributed by atoms with Crippen molar-refractivity contribution in [1.82, 2.24) is 19.8 Å². The van der Waals surface area contributed by atoms with Gasteiger partial charge < -0.3 is 14.8 Å². The first-order valence-corrected chi connectivity index (χ1v) is 9.01. The Labute approximate surface area is 157 Å². The number of likely N-dealkylation sites (N-methyl/N-ethyl adjacent to an activating group) is 1. The standard InChI is InChI=1S/C20H19FN4S/c1-2-24-19(18(23-20(24)26)15-9-5-6-12-22-15)17-11-7-13-25(17)16-10-4-3-8-14(16)21/h3-13,18-19H,2H2,1H3,(H,23,26)/t18-,19+/m1/s1. The molecule has 1 aliphatic rings. The lowest BCUT2D eigenvalue weighted by atomic mass is 10.0. The third kappa shape index (κ3) is 2.76. The van der Waals surface area contributed by atoms with Gasteiger partial charge in [0.05, 0.1) is 23.5 Å². The van der Waals surface area contributed by atoms with Crippen molar-refractivity contribution in [1.29, 1.82) is 0 Å². The summed E-state index contributed by atoms with van der Waals surface area (Å²) in [6.07, 6.45) is 3.67. The molecule has 26 heavy (non-hydrogen) atoms. The molecule has 1 aliphatic heterocycles. The molecule has 0 amide bonds. The molecule has 4 nitrogen and oxygen atoms in total. The molecule has 1 fully saturated rings. The molecule has 1 aromatic carbocycles. The maximum Gasteiger partial charge on any atom is 0.170 e. The molecule has 132 valence electrons. The number of aromatic nitrogens is 2. The van der Waals surface area contributed by atoms with Crippen LogP contribution in [0.25, 0.3) is 5.69 Å². The molecule has 0 unspecified atom stereocenters. The number of halogens is 1. The lowest BCUT2D eigenvalue weighted by Crippen LogP contribution is -2.30. The Kier molecular flexibility index (Phi) is 4.42. The zero-order chi connectivity index (χ0) is 18.1. The smallest absolute Gasteiger partial charge is 0.170 e. The minimum Gasteiger partial charge on any atom is -0.352 e. The molecule has 4 rings (SSSR count). The van der Waals surface area contributed by atoms with Crippen molar-refractivity contribution >= 4 is 17.3 Å². The predicted octanol–water partition coefficient (Wildman–Crippen LogP) is 4.00. The van der Waals surface area contributed by atoms with Crippen LogP contribution in [0.3, 0.4) is 0 Å². The summed E-state index contributed by atoms with van der Waals surface area (Å²) in [6.45, 7) is 2.82. The summed E-state index contributed by atoms with van der Waals surface area (Å²) in [5, 5.41) is 4.08. The number of benzene rings is 1. The normalized spacial score (nSPS) is 19.6. The fourth-order valence-electron chi connectivity index (χ4n) is 3.57. The van der Waals surface area contributed by atoms with Crippen molar-refractivity contribution < 1.29 is 4.39 Å². The largest absolute Gasteiger partial charge is 0.352 e. The molecule has 1 saturated heterocycles. The molecule has 2 atom stereocenters. The molecule has 0 bridgehead atoms. The molecular weight excluding hydrogens is 347 g/mol. The number of rotatable bonds is 4. The van der Waals surface area contributed by atoms with Gasteiger partial charge in [-0.05, 0) is 55.5 Å².